The molecular formula is C16H15N3O3. The Kier molecular flexibility index (Phi) is 3.34. The van der Waals surface area contributed by atoms with Gasteiger partial charge >= 0.3 is 0 Å². The van der Waals surface area contributed by atoms with Crippen molar-refractivity contribution in [3.8, 4) is 5.69 Å². The van der Waals surface area contributed by atoms with Crippen molar-refractivity contribution in [2.24, 2.45) is 0 Å². The van der Waals surface area contributed by atoms with Crippen LogP contribution in [0.25, 0.3) is 16.9 Å². The highest BCUT2D eigenvalue weighted by Crippen LogP contribution is 2.24. The van der Waals surface area contributed by atoms with Crippen LogP contribution < -0.4 is 0 Å². The summed E-state index contributed by atoms with van der Waals surface area (Å²) in [7, 11) is 0. The van der Waals surface area contributed by atoms with Gasteiger partial charge in [-0.25, -0.2) is 9.97 Å². The first-order chi connectivity index (χ1) is 10.8. The van der Waals surface area contributed by atoms with E-state index in [0.29, 0.717) is 13.2 Å². The van der Waals surface area contributed by atoms with Gasteiger partial charge in [0.15, 0.2) is 5.65 Å². The summed E-state index contributed by atoms with van der Waals surface area (Å²) in [5, 5.41) is 9.29. The number of pyridine rings is 1. The van der Waals surface area contributed by atoms with E-state index in [9.17, 15) is 5.11 Å². The summed E-state index contributed by atoms with van der Waals surface area (Å²) in [5.41, 5.74) is 4.04. The summed E-state index contributed by atoms with van der Waals surface area (Å²) in [6, 6.07) is 11.4. The third-order valence-corrected chi connectivity index (χ3v) is 3.65. The fourth-order valence-electron chi connectivity index (χ4n) is 2.56. The van der Waals surface area contributed by atoms with Gasteiger partial charge in [-0.3, -0.25) is 4.57 Å². The molecule has 0 spiro atoms. The number of benzene rings is 1. The van der Waals surface area contributed by atoms with Gasteiger partial charge in [0.25, 0.3) is 0 Å². The van der Waals surface area contributed by atoms with Crippen molar-refractivity contribution in [2.45, 2.75) is 12.9 Å². The molecule has 1 saturated heterocycles. The van der Waals surface area contributed by atoms with Gasteiger partial charge in [0.2, 0.25) is 6.29 Å². The van der Waals surface area contributed by atoms with Gasteiger partial charge in [0.1, 0.15) is 11.8 Å². The smallest absolute Gasteiger partial charge is 0.201 e. The Morgan fingerprint density at radius 1 is 1.18 bits per heavy atom. The van der Waals surface area contributed by atoms with Gasteiger partial charge in [-0.05, 0) is 29.8 Å². The third-order valence-electron chi connectivity index (χ3n) is 3.65. The van der Waals surface area contributed by atoms with Crippen molar-refractivity contribution >= 4 is 11.2 Å². The van der Waals surface area contributed by atoms with E-state index in [-0.39, 0.29) is 6.61 Å². The Bertz CT molecular complexity index is 809. The summed E-state index contributed by atoms with van der Waals surface area (Å²) >= 11 is 0. The van der Waals surface area contributed by atoms with Crippen LogP contribution in [0.2, 0.25) is 0 Å². The summed E-state index contributed by atoms with van der Waals surface area (Å²) in [6.45, 7) is 1.17. The van der Waals surface area contributed by atoms with E-state index in [1.54, 1.807) is 6.33 Å². The molecule has 0 radical (unpaired) electrons. The topological polar surface area (TPSA) is 69.4 Å². The Morgan fingerprint density at radius 2 is 2.05 bits per heavy atom. The maximum Gasteiger partial charge on any atom is 0.201 e. The second-order valence-corrected chi connectivity index (χ2v) is 5.09. The van der Waals surface area contributed by atoms with Crippen LogP contribution in [0, 0.1) is 0 Å². The second kappa shape index (κ2) is 5.49. The summed E-state index contributed by atoms with van der Waals surface area (Å²) in [6.07, 6.45) is 1.32. The zero-order chi connectivity index (χ0) is 14.9. The van der Waals surface area contributed by atoms with E-state index < -0.39 is 6.29 Å². The maximum absolute atomic E-state index is 9.29. The van der Waals surface area contributed by atoms with Crippen LogP contribution in [-0.4, -0.2) is 32.9 Å². The fraction of sp³-hybridized carbons (Fsp3) is 0.250. The number of aliphatic hydroxyl groups is 1. The lowest BCUT2D eigenvalue weighted by Crippen LogP contribution is -2.03. The van der Waals surface area contributed by atoms with Crippen LogP contribution in [0.3, 0.4) is 0 Å². The normalized spacial score (nSPS) is 15.7. The largest absolute Gasteiger partial charge is 0.392 e. The van der Waals surface area contributed by atoms with E-state index in [0.717, 1.165) is 28.1 Å². The molecular weight excluding hydrogens is 282 g/mol. The Hall–Kier alpha value is -2.28. The van der Waals surface area contributed by atoms with Gasteiger partial charge in [-0.2, -0.15) is 0 Å². The minimum Gasteiger partial charge on any atom is -0.392 e. The average Bonchev–Trinajstić information content (AvgIpc) is 3.23. The number of hydrogen-bond donors (Lipinski definition) is 1. The first kappa shape index (κ1) is 13.4. The van der Waals surface area contributed by atoms with Crippen LogP contribution in [0.5, 0.6) is 0 Å². The molecule has 0 bridgehead atoms. The maximum atomic E-state index is 9.29. The molecule has 0 aliphatic carbocycles. The summed E-state index contributed by atoms with van der Waals surface area (Å²) < 4.78 is 12.9. The molecule has 112 valence electrons. The molecule has 2 aromatic heterocycles. The number of fused-ring (bicyclic) bond motifs is 1. The SMILES string of the molecule is OCc1cccc(-n2cnc3ccc(C4OCCO4)nc32)c1. The number of nitrogens with zero attached hydrogens (tertiary/aromatic N) is 3. The molecule has 4 rings (SSSR count). The molecule has 3 heterocycles. The van der Waals surface area contributed by atoms with Crippen LogP contribution >= 0.6 is 0 Å². The van der Waals surface area contributed by atoms with E-state index >= 15 is 0 Å². The summed E-state index contributed by atoms with van der Waals surface area (Å²) in [4.78, 5) is 9.01. The zero-order valence-corrected chi connectivity index (χ0v) is 11.8. The van der Waals surface area contributed by atoms with Crippen molar-refractivity contribution < 1.29 is 14.6 Å². The molecule has 1 N–H and O–H groups in total. The number of imidazole rings is 1. The van der Waals surface area contributed by atoms with Gasteiger partial charge in [-0.1, -0.05) is 12.1 Å². The van der Waals surface area contributed by atoms with Crippen LogP contribution in [0.15, 0.2) is 42.7 Å². The van der Waals surface area contributed by atoms with E-state index in [1.807, 2.05) is 41.0 Å². The van der Waals surface area contributed by atoms with E-state index in [2.05, 4.69) is 9.97 Å². The standard InChI is InChI=1S/C16H15N3O3/c20-9-11-2-1-3-12(8-11)19-10-17-13-4-5-14(18-15(13)19)16-21-6-7-22-16/h1-5,8,10,16,20H,6-7,9H2. The lowest BCUT2D eigenvalue weighted by molar-refractivity contribution is -0.0471. The minimum absolute atomic E-state index is 0.00288. The van der Waals surface area contributed by atoms with Crippen LogP contribution in [0.1, 0.15) is 17.5 Å². The second-order valence-electron chi connectivity index (χ2n) is 5.09. The molecule has 0 saturated carbocycles. The molecule has 1 aliphatic heterocycles. The third kappa shape index (κ3) is 2.27. The zero-order valence-electron chi connectivity index (χ0n) is 11.8. The van der Waals surface area contributed by atoms with Crippen molar-refractivity contribution in [1.29, 1.82) is 0 Å². The lowest BCUT2D eigenvalue weighted by atomic mass is 10.2. The van der Waals surface area contributed by atoms with Crippen molar-refractivity contribution in [3.05, 3.63) is 54.0 Å². The Labute approximate surface area is 127 Å². The van der Waals surface area contributed by atoms with Crippen molar-refractivity contribution in [3.63, 3.8) is 0 Å². The predicted octanol–water partition coefficient (Wildman–Crippen LogP) is 1.96. The molecule has 3 aromatic rings. The number of ether oxygens (including phenoxy) is 2. The highest BCUT2D eigenvalue weighted by atomic mass is 16.7. The number of aromatic nitrogens is 3. The van der Waals surface area contributed by atoms with Gasteiger partial charge in [0, 0.05) is 5.69 Å². The van der Waals surface area contributed by atoms with Crippen molar-refractivity contribution in [2.75, 3.05) is 13.2 Å². The first-order valence-corrected chi connectivity index (χ1v) is 7.12. The van der Waals surface area contributed by atoms with E-state index in [4.69, 9.17) is 9.47 Å². The van der Waals surface area contributed by atoms with Crippen LogP contribution in [-0.2, 0) is 16.1 Å². The fourth-order valence-corrected chi connectivity index (χ4v) is 2.56. The molecule has 1 aromatic carbocycles. The number of rotatable bonds is 3. The lowest BCUT2D eigenvalue weighted by Gasteiger charge is -2.09. The minimum atomic E-state index is -0.406. The molecule has 0 amide bonds. The summed E-state index contributed by atoms with van der Waals surface area (Å²) in [5.74, 6) is 0. The average molecular weight is 297 g/mol. The molecule has 22 heavy (non-hydrogen) atoms. The van der Waals surface area contributed by atoms with Gasteiger partial charge in [-0.15, -0.1) is 0 Å². The molecule has 1 fully saturated rings. The van der Waals surface area contributed by atoms with Crippen LogP contribution in [0.4, 0.5) is 0 Å². The van der Waals surface area contributed by atoms with Gasteiger partial charge in [0.05, 0.1) is 25.5 Å². The molecule has 6 heteroatoms. The molecule has 0 unspecified atom stereocenters. The first-order valence-electron chi connectivity index (χ1n) is 7.12. The van der Waals surface area contributed by atoms with E-state index in [1.165, 1.54) is 0 Å². The highest BCUT2D eigenvalue weighted by Gasteiger charge is 2.20. The molecule has 1 aliphatic rings. The Balaban J connectivity index is 1.81. The molecule has 6 nitrogen and oxygen atoms in total. The quantitative estimate of drug-likeness (QED) is 0.800. The Morgan fingerprint density at radius 3 is 2.86 bits per heavy atom. The molecule has 0 atom stereocenters. The number of hydrogen-bond acceptors (Lipinski definition) is 5. The highest BCUT2D eigenvalue weighted by molar-refractivity contribution is 5.73. The van der Waals surface area contributed by atoms with Crippen molar-refractivity contribution in [1.82, 2.24) is 14.5 Å². The number of aliphatic hydroxyl groups excluding tert-OH is 1. The van der Waals surface area contributed by atoms with Gasteiger partial charge < -0.3 is 14.6 Å². The monoisotopic (exact) mass is 297 g/mol. The predicted molar refractivity (Wildman–Crippen MR) is 79.4 cm³/mol.